The molecular weight excluding hydrogens is 254 g/mol. The predicted molar refractivity (Wildman–Crippen MR) is 76.9 cm³/mol. The van der Waals surface area contributed by atoms with Crippen molar-refractivity contribution in [3.63, 3.8) is 0 Å². The number of hydrogen-bond acceptors (Lipinski definition) is 3. The average Bonchev–Trinajstić information content (AvgIpc) is 2.47. The van der Waals surface area contributed by atoms with Gasteiger partial charge in [-0.05, 0) is 12.5 Å². The fourth-order valence-corrected chi connectivity index (χ4v) is 1.99. The number of carbonyl (C=O) groups excluding carboxylic acids is 1. The predicted octanol–water partition coefficient (Wildman–Crippen LogP) is 2.32. The summed E-state index contributed by atoms with van der Waals surface area (Å²) >= 11 is 0. The van der Waals surface area contributed by atoms with Gasteiger partial charge in [0.1, 0.15) is 12.9 Å². The van der Waals surface area contributed by atoms with Gasteiger partial charge in [-0.15, -0.1) is 0 Å². The minimum atomic E-state index is -0.138. The Hall–Kier alpha value is -2.36. The van der Waals surface area contributed by atoms with E-state index in [-0.39, 0.29) is 5.43 Å². The molecule has 1 aromatic carbocycles. The molecule has 104 valence electrons. The summed E-state index contributed by atoms with van der Waals surface area (Å²) in [5, 5.41) is 0. The first-order valence-electron chi connectivity index (χ1n) is 6.53. The van der Waals surface area contributed by atoms with Gasteiger partial charge in [0, 0.05) is 25.2 Å². The van der Waals surface area contributed by atoms with Gasteiger partial charge >= 0.3 is 0 Å². The maximum absolute atomic E-state index is 11.9. The second-order valence-corrected chi connectivity index (χ2v) is 4.52. The van der Waals surface area contributed by atoms with Gasteiger partial charge in [-0.1, -0.05) is 30.3 Å². The molecule has 20 heavy (non-hydrogen) atoms. The van der Waals surface area contributed by atoms with Gasteiger partial charge in [0.2, 0.25) is 5.43 Å². The molecule has 0 fully saturated rings. The lowest BCUT2D eigenvalue weighted by molar-refractivity contribution is -0.108. The van der Waals surface area contributed by atoms with E-state index in [1.807, 2.05) is 41.8 Å². The maximum atomic E-state index is 11.9. The van der Waals surface area contributed by atoms with Gasteiger partial charge in [0.15, 0.2) is 5.75 Å². The van der Waals surface area contributed by atoms with Crippen molar-refractivity contribution in [2.75, 3.05) is 0 Å². The van der Waals surface area contributed by atoms with Crippen molar-refractivity contribution < 1.29 is 9.53 Å². The Labute approximate surface area is 117 Å². The molecular formula is C16H17NO3. The van der Waals surface area contributed by atoms with Crippen molar-refractivity contribution in [3.8, 4) is 5.75 Å². The first-order valence-corrected chi connectivity index (χ1v) is 6.53. The number of aryl methyl sites for hydroxylation is 1. The van der Waals surface area contributed by atoms with Crippen LogP contribution in [-0.4, -0.2) is 10.9 Å². The van der Waals surface area contributed by atoms with Crippen LogP contribution in [0, 0.1) is 6.92 Å². The SMILES string of the molecule is Cc1c(OCc2ccccc2)c(=O)ccn1CCC=O. The fourth-order valence-electron chi connectivity index (χ4n) is 1.99. The van der Waals surface area contributed by atoms with E-state index in [4.69, 9.17) is 4.74 Å². The van der Waals surface area contributed by atoms with E-state index in [1.165, 1.54) is 6.07 Å². The van der Waals surface area contributed by atoms with Crippen LogP contribution in [0.5, 0.6) is 5.75 Å². The Balaban J connectivity index is 2.18. The minimum Gasteiger partial charge on any atom is -0.483 e. The van der Waals surface area contributed by atoms with Crippen molar-refractivity contribution in [2.45, 2.75) is 26.5 Å². The molecule has 0 N–H and O–H groups in total. The first-order chi connectivity index (χ1) is 9.72. The normalized spacial score (nSPS) is 10.2. The van der Waals surface area contributed by atoms with Crippen molar-refractivity contribution in [2.24, 2.45) is 0 Å². The van der Waals surface area contributed by atoms with Crippen LogP contribution in [0.25, 0.3) is 0 Å². The number of rotatable bonds is 6. The van der Waals surface area contributed by atoms with E-state index in [1.54, 1.807) is 6.20 Å². The first kappa shape index (κ1) is 14.1. The molecule has 0 saturated carbocycles. The zero-order valence-corrected chi connectivity index (χ0v) is 11.4. The summed E-state index contributed by atoms with van der Waals surface area (Å²) in [5.74, 6) is 0.349. The third kappa shape index (κ3) is 3.35. The number of ether oxygens (including phenoxy) is 1. The van der Waals surface area contributed by atoms with E-state index in [2.05, 4.69) is 0 Å². The molecule has 0 amide bonds. The Morgan fingerprint density at radius 1 is 1.20 bits per heavy atom. The average molecular weight is 271 g/mol. The van der Waals surface area contributed by atoms with Gasteiger partial charge in [-0.3, -0.25) is 4.79 Å². The van der Waals surface area contributed by atoms with E-state index in [9.17, 15) is 9.59 Å². The minimum absolute atomic E-state index is 0.138. The summed E-state index contributed by atoms with van der Waals surface area (Å²) in [7, 11) is 0. The standard InChI is InChI=1S/C16H17NO3/c1-13-16(20-12-14-6-3-2-4-7-14)15(19)8-10-17(13)9-5-11-18/h2-4,6-8,10-11H,5,9,12H2,1H3. The zero-order valence-electron chi connectivity index (χ0n) is 11.4. The largest absolute Gasteiger partial charge is 0.483 e. The van der Waals surface area contributed by atoms with Gasteiger partial charge in [0.25, 0.3) is 0 Å². The van der Waals surface area contributed by atoms with Gasteiger partial charge in [-0.25, -0.2) is 0 Å². The topological polar surface area (TPSA) is 48.3 Å². The third-order valence-electron chi connectivity index (χ3n) is 3.10. The molecule has 0 bridgehead atoms. The highest BCUT2D eigenvalue weighted by Gasteiger charge is 2.08. The second kappa shape index (κ2) is 6.70. The second-order valence-electron chi connectivity index (χ2n) is 4.52. The molecule has 1 heterocycles. The Morgan fingerprint density at radius 2 is 1.95 bits per heavy atom. The molecule has 0 unspecified atom stereocenters. The highest BCUT2D eigenvalue weighted by atomic mass is 16.5. The van der Waals surface area contributed by atoms with Crippen molar-refractivity contribution in [1.82, 2.24) is 4.57 Å². The summed E-state index contributed by atoms with van der Waals surface area (Å²) in [6.45, 7) is 2.73. The Kier molecular flexibility index (Phi) is 4.71. The van der Waals surface area contributed by atoms with Crippen LogP contribution >= 0.6 is 0 Å². The lowest BCUT2D eigenvalue weighted by Gasteiger charge is -2.14. The highest BCUT2D eigenvalue weighted by Crippen LogP contribution is 2.14. The number of hydrogen-bond donors (Lipinski definition) is 0. The molecule has 0 atom stereocenters. The van der Waals surface area contributed by atoms with E-state index >= 15 is 0 Å². The number of benzene rings is 1. The smallest absolute Gasteiger partial charge is 0.223 e. The Bertz CT molecular complexity index is 632. The van der Waals surface area contributed by atoms with E-state index in [0.29, 0.717) is 25.3 Å². The van der Waals surface area contributed by atoms with Crippen LogP contribution in [0.15, 0.2) is 47.4 Å². The molecule has 0 spiro atoms. The molecule has 0 aliphatic carbocycles. The highest BCUT2D eigenvalue weighted by molar-refractivity contribution is 5.49. The molecule has 2 rings (SSSR count). The molecule has 1 aromatic heterocycles. The summed E-state index contributed by atoms with van der Waals surface area (Å²) in [6.07, 6.45) is 2.97. The van der Waals surface area contributed by atoms with Crippen LogP contribution in [0.1, 0.15) is 17.7 Å². The zero-order chi connectivity index (χ0) is 14.4. The third-order valence-corrected chi connectivity index (χ3v) is 3.10. The molecule has 2 aromatic rings. The molecule has 0 radical (unpaired) electrons. The van der Waals surface area contributed by atoms with Crippen molar-refractivity contribution in [1.29, 1.82) is 0 Å². The van der Waals surface area contributed by atoms with Gasteiger partial charge < -0.3 is 14.1 Å². The summed E-state index contributed by atoms with van der Waals surface area (Å²) < 4.78 is 7.51. The van der Waals surface area contributed by atoms with Gasteiger partial charge in [-0.2, -0.15) is 0 Å². The van der Waals surface area contributed by atoms with E-state index in [0.717, 1.165) is 17.5 Å². The summed E-state index contributed by atoms with van der Waals surface area (Å²) in [5.41, 5.74) is 1.62. The lowest BCUT2D eigenvalue weighted by atomic mass is 10.2. The van der Waals surface area contributed by atoms with Crippen LogP contribution in [0.2, 0.25) is 0 Å². The lowest BCUT2D eigenvalue weighted by Crippen LogP contribution is -2.15. The van der Waals surface area contributed by atoms with Crippen molar-refractivity contribution in [3.05, 3.63) is 64.1 Å². The van der Waals surface area contributed by atoms with E-state index < -0.39 is 0 Å². The summed E-state index contributed by atoms with van der Waals surface area (Å²) in [6, 6.07) is 11.2. The molecule has 0 aliphatic rings. The molecule has 0 aliphatic heterocycles. The number of aldehydes is 1. The van der Waals surface area contributed by atoms with Crippen molar-refractivity contribution >= 4 is 6.29 Å². The van der Waals surface area contributed by atoms with Crippen LogP contribution < -0.4 is 10.2 Å². The number of pyridine rings is 1. The summed E-state index contributed by atoms with van der Waals surface area (Å²) in [4.78, 5) is 22.3. The van der Waals surface area contributed by atoms with Crippen LogP contribution in [0.4, 0.5) is 0 Å². The molecule has 0 saturated heterocycles. The Morgan fingerprint density at radius 3 is 2.65 bits per heavy atom. The molecule has 4 heteroatoms. The quantitative estimate of drug-likeness (QED) is 0.758. The van der Waals surface area contributed by atoms with Crippen LogP contribution in [-0.2, 0) is 17.9 Å². The monoisotopic (exact) mass is 271 g/mol. The number of aromatic nitrogens is 1. The van der Waals surface area contributed by atoms with Crippen LogP contribution in [0.3, 0.4) is 0 Å². The maximum Gasteiger partial charge on any atom is 0.223 e. The van der Waals surface area contributed by atoms with Gasteiger partial charge in [0.05, 0.1) is 5.69 Å². The number of carbonyl (C=O) groups is 1. The number of nitrogens with zero attached hydrogens (tertiary/aromatic N) is 1. The molecule has 4 nitrogen and oxygen atoms in total. The fraction of sp³-hybridized carbons (Fsp3) is 0.250.